The van der Waals surface area contributed by atoms with E-state index in [0.29, 0.717) is 12.1 Å². The van der Waals surface area contributed by atoms with Gasteiger partial charge in [0.25, 0.3) is 11.8 Å². The maximum absolute atomic E-state index is 14.7. The van der Waals surface area contributed by atoms with E-state index in [9.17, 15) is 23.6 Å². The largest absolute Gasteiger partial charge is 0.371 e. The van der Waals surface area contributed by atoms with Crippen LogP contribution >= 0.6 is 0 Å². The van der Waals surface area contributed by atoms with Crippen LogP contribution < -0.4 is 10.6 Å². The van der Waals surface area contributed by atoms with E-state index in [2.05, 4.69) is 15.7 Å². The van der Waals surface area contributed by atoms with Crippen molar-refractivity contribution in [2.24, 2.45) is 11.3 Å². The minimum absolute atomic E-state index is 0.0804. The summed E-state index contributed by atoms with van der Waals surface area (Å²) in [5, 5.41) is 9.84. The van der Waals surface area contributed by atoms with Gasteiger partial charge in [-0.3, -0.25) is 23.9 Å². The van der Waals surface area contributed by atoms with Crippen molar-refractivity contribution in [3.8, 4) is 0 Å². The summed E-state index contributed by atoms with van der Waals surface area (Å²) < 4.78 is 22.3. The number of carbonyl (C=O) groups excluding carboxylic acids is 4. The predicted octanol–water partition coefficient (Wildman–Crippen LogP) is 2.17. The molecule has 2 saturated heterocycles. The second-order valence-corrected chi connectivity index (χ2v) is 12.7. The highest BCUT2D eigenvalue weighted by Gasteiger charge is 2.63. The van der Waals surface area contributed by atoms with Crippen molar-refractivity contribution in [1.29, 1.82) is 0 Å². The van der Waals surface area contributed by atoms with Crippen molar-refractivity contribution in [2.75, 3.05) is 33.2 Å². The fourth-order valence-electron chi connectivity index (χ4n) is 6.49. The molecule has 1 spiro atoms. The fraction of sp³-hybridized carbons (Fsp3) is 0.441. The third-order valence-electron chi connectivity index (χ3n) is 9.34. The number of nitrogens with zero attached hydrogens (tertiary/aromatic N) is 4. The normalized spacial score (nSPS) is 20.5. The summed E-state index contributed by atoms with van der Waals surface area (Å²) in [6, 6.07) is 18.3. The minimum atomic E-state index is -1.82. The topological polar surface area (TPSA) is 126 Å². The molecule has 1 saturated carbocycles. The Morgan fingerprint density at radius 3 is 2.24 bits per heavy atom. The summed E-state index contributed by atoms with van der Waals surface area (Å²) in [7, 11) is 1.49. The molecule has 1 aliphatic carbocycles. The average molecular weight is 631 g/mol. The molecule has 2 aromatic carbocycles. The van der Waals surface area contributed by atoms with Gasteiger partial charge in [0.1, 0.15) is 6.04 Å². The first kappa shape index (κ1) is 31.4. The molecule has 0 unspecified atom stereocenters. The highest BCUT2D eigenvalue weighted by Crippen LogP contribution is 2.49. The Hall–Kier alpha value is -4.58. The van der Waals surface area contributed by atoms with Gasteiger partial charge in [0.05, 0.1) is 36.9 Å². The first-order valence-corrected chi connectivity index (χ1v) is 15.6. The van der Waals surface area contributed by atoms with Gasteiger partial charge < -0.3 is 25.2 Å². The van der Waals surface area contributed by atoms with Crippen molar-refractivity contribution < 1.29 is 28.3 Å². The second-order valence-electron chi connectivity index (χ2n) is 12.7. The zero-order chi connectivity index (χ0) is 32.5. The van der Waals surface area contributed by atoms with E-state index in [-0.39, 0.29) is 51.5 Å². The molecule has 3 aromatic rings. The highest BCUT2D eigenvalue weighted by molar-refractivity contribution is 5.96. The van der Waals surface area contributed by atoms with Crippen LogP contribution in [0.25, 0.3) is 0 Å². The van der Waals surface area contributed by atoms with E-state index < -0.39 is 46.9 Å². The van der Waals surface area contributed by atoms with Gasteiger partial charge in [0.2, 0.25) is 11.8 Å². The Balaban J connectivity index is 1.18. The van der Waals surface area contributed by atoms with Crippen molar-refractivity contribution in [2.45, 2.75) is 50.7 Å². The van der Waals surface area contributed by atoms with Crippen molar-refractivity contribution in [3.05, 3.63) is 89.7 Å². The first-order chi connectivity index (χ1) is 22.1. The lowest BCUT2D eigenvalue weighted by Crippen LogP contribution is -2.66. The molecule has 2 aliphatic heterocycles. The zero-order valence-corrected chi connectivity index (χ0v) is 26.0. The molecule has 6 rings (SSSR count). The van der Waals surface area contributed by atoms with Crippen LogP contribution in [0.4, 0.5) is 4.39 Å². The van der Waals surface area contributed by atoms with Gasteiger partial charge >= 0.3 is 0 Å². The lowest BCUT2D eigenvalue weighted by atomic mass is 9.70. The molecule has 3 atom stereocenters. The summed E-state index contributed by atoms with van der Waals surface area (Å²) >= 11 is 0. The number of hydrogen-bond donors (Lipinski definition) is 2. The van der Waals surface area contributed by atoms with E-state index in [1.807, 2.05) is 60.7 Å². The van der Waals surface area contributed by atoms with Gasteiger partial charge in [-0.2, -0.15) is 5.10 Å². The molecular weight excluding hydrogens is 591 g/mol. The van der Waals surface area contributed by atoms with Crippen molar-refractivity contribution in [1.82, 2.24) is 30.2 Å². The Morgan fingerprint density at radius 2 is 1.61 bits per heavy atom. The van der Waals surface area contributed by atoms with Gasteiger partial charge in [0.15, 0.2) is 5.67 Å². The van der Waals surface area contributed by atoms with Crippen LogP contribution in [-0.4, -0.2) is 94.3 Å². The number of halogens is 1. The van der Waals surface area contributed by atoms with E-state index in [0.717, 1.165) is 11.1 Å². The highest BCUT2D eigenvalue weighted by atomic mass is 19.1. The maximum Gasteiger partial charge on any atom is 0.260 e. The number of likely N-dealkylation sites (N-methyl/N-ethyl adjacent to an activating group) is 1. The molecule has 4 amide bonds. The second kappa shape index (κ2) is 12.7. The fourth-order valence-corrected chi connectivity index (χ4v) is 6.49. The van der Waals surface area contributed by atoms with Gasteiger partial charge in [-0.25, -0.2) is 4.39 Å². The van der Waals surface area contributed by atoms with Gasteiger partial charge in [0, 0.05) is 44.8 Å². The maximum atomic E-state index is 14.7. The van der Waals surface area contributed by atoms with Crippen LogP contribution in [0.1, 0.15) is 41.3 Å². The van der Waals surface area contributed by atoms with Crippen molar-refractivity contribution >= 4 is 23.6 Å². The Bertz CT molecular complexity index is 1590. The molecule has 3 aliphatic rings. The third-order valence-corrected chi connectivity index (χ3v) is 9.34. The third kappa shape index (κ3) is 6.39. The number of rotatable bonds is 11. The number of carbonyl (C=O) groups is 4. The van der Waals surface area contributed by atoms with Gasteiger partial charge in [-0.15, -0.1) is 0 Å². The van der Waals surface area contributed by atoms with Crippen LogP contribution in [0, 0.1) is 11.3 Å². The first-order valence-electron chi connectivity index (χ1n) is 15.6. The van der Waals surface area contributed by atoms with Crippen LogP contribution in [0.15, 0.2) is 73.1 Å². The molecule has 12 heteroatoms. The molecule has 1 aromatic heterocycles. The smallest absolute Gasteiger partial charge is 0.260 e. The summed E-state index contributed by atoms with van der Waals surface area (Å²) in [5.41, 5.74) is -0.257. The number of likely N-dealkylation sites (tertiary alicyclic amines) is 2. The van der Waals surface area contributed by atoms with Crippen LogP contribution in [0.5, 0.6) is 0 Å². The van der Waals surface area contributed by atoms with E-state index >= 15 is 0 Å². The number of ether oxygens (including phenoxy) is 1. The number of alkyl halides is 1. The Kier molecular flexibility index (Phi) is 8.65. The minimum Gasteiger partial charge on any atom is -0.371 e. The predicted molar refractivity (Wildman–Crippen MR) is 166 cm³/mol. The number of aromatic nitrogens is 2. The Labute approximate surface area is 267 Å². The van der Waals surface area contributed by atoms with Crippen molar-refractivity contribution in [3.63, 3.8) is 0 Å². The molecule has 11 nitrogen and oxygen atoms in total. The number of amides is 4. The summed E-state index contributed by atoms with van der Waals surface area (Å²) in [6.07, 6.45) is 2.92. The van der Waals surface area contributed by atoms with Gasteiger partial charge in [-0.05, 0) is 30.9 Å². The lowest BCUT2D eigenvalue weighted by Gasteiger charge is -2.50. The summed E-state index contributed by atoms with van der Waals surface area (Å²) in [5.74, 6) is -2.42. The Morgan fingerprint density at radius 1 is 0.978 bits per heavy atom. The molecule has 3 heterocycles. The van der Waals surface area contributed by atoms with Crippen LogP contribution in [0.3, 0.4) is 0 Å². The quantitative estimate of drug-likeness (QED) is 0.335. The number of nitrogens with one attached hydrogen (secondary N) is 2. The molecular formula is C34H39FN6O5. The summed E-state index contributed by atoms with van der Waals surface area (Å²) in [6.45, 7) is 3.06. The molecule has 46 heavy (non-hydrogen) atoms. The van der Waals surface area contributed by atoms with Crippen LogP contribution in [0.2, 0.25) is 0 Å². The average Bonchev–Trinajstić information content (AvgIpc) is 3.44. The molecule has 0 radical (unpaired) electrons. The molecule has 3 fully saturated rings. The van der Waals surface area contributed by atoms with E-state index in [1.54, 1.807) is 22.7 Å². The number of benzene rings is 2. The molecule has 242 valence electrons. The summed E-state index contributed by atoms with van der Waals surface area (Å²) in [4.78, 5) is 56.5. The standard InChI is InChI=1S/C34H39FN6O5/c1-23(46-19-25-11-7-4-8-12-25)28(30(43)36-2)38-29(42)27-18-39(20-33(27)21-40(22-33)32(45)34(35)13-14-34)31(44)26-15-37-41(17-26)16-24-9-5-3-6-10-24/h3-12,15,17,23,27-28H,13-14,16,18-22H2,1-2H3,(H,36,43)(H,38,42)/t23-,27-,28+/m1/s1. The zero-order valence-electron chi connectivity index (χ0n) is 26.0. The lowest BCUT2D eigenvalue weighted by molar-refractivity contribution is -0.156. The number of hydrogen-bond acceptors (Lipinski definition) is 6. The van der Waals surface area contributed by atoms with Gasteiger partial charge in [-0.1, -0.05) is 60.7 Å². The van der Waals surface area contributed by atoms with Crippen LogP contribution in [-0.2, 0) is 32.3 Å². The molecule has 0 bridgehead atoms. The molecule has 2 N–H and O–H groups in total. The van der Waals surface area contributed by atoms with E-state index in [4.69, 9.17) is 4.74 Å². The van der Waals surface area contributed by atoms with E-state index in [1.165, 1.54) is 18.1 Å². The SMILES string of the molecule is CNC(=O)[C@@H](NC(=O)[C@H]1CN(C(=O)c2cnn(Cc3ccccc3)c2)CC12CN(C(=O)C1(F)CC1)C2)[C@@H](C)OCc1ccccc1. The monoisotopic (exact) mass is 630 g/mol.